The van der Waals surface area contributed by atoms with Crippen LogP contribution in [0.4, 0.5) is 0 Å². The standard InChI is InChI=1S/C14H25N3O2.ClH/c1-12(2)14(19)15-8-6-10-17(3,4)11-16-9-5-7-13(16)18;/h1,5-11H2,2-4H3;1H. The molecule has 2 amide bonds. The minimum atomic E-state index is -0.0833. The molecule has 0 saturated carbocycles. The Morgan fingerprint density at radius 1 is 1.45 bits per heavy atom. The number of nitrogens with one attached hydrogen (secondary N) is 1. The molecule has 1 N–H and O–H groups in total. The van der Waals surface area contributed by atoms with E-state index in [1.165, 1.54) is 0 Å². The smallest absolute Gasteiger partial charge is 0.246 e. The summed E-state index contributed by atoms with van der Waals surface area (Å²) >= 11 is 0. The van der Waals surface area contributed by atoms with Crippen molar-refractivity contribution in [3.63, 3.8) is 0 Å². The zero-order valence-corrected chi connectivity index (χ0v) is 13.5. The molecular weight excluding hydrogens is 278 g/mol. The molecular formula is C14H26ClN3O2. The Balaban J connectivity index is 0.00000361. The molecule has 0 aromatic heterocycles. The van der Waals surface area contributed by atoms with Crippen molar-refractivity contribution in [3.8, 4) is 0 Å². The molecule has 1 fully saturated rings. The van der Waals surface area contributed by atoms with Gasteiger partial charge in [-0.15, -0.1) is 0 Å². The van der Waals surface area contributed by atoms with Crippen LogP contribution in [0.1, 0.15) is 26.2 Å². The van der Waals surface area contributed by atoms with Crippen LogP contribution in [0.5, 0.6) is 0 Å². The molecule has 0 spiro atoms. The number of amides is 2. The highest BCUT2D eigenvalue weighted by atomic mass is 35.5. The molecule has 0 bridgehead atoms. The molecule has 1 saturated heterocycles. The lowest BCUT2D eigenvalue weighted by Gasteiger charge is -2.33. The summed E-state index contributed by atoms with van der Waals surface area (Å²) in [5.41, 5.74) is 0.538. The molecule has 0 aliphatic carbocycles. The molecule has 0 atom stereocenters. The summed E-state index contributed by atoms with van der Waals surface area (Å²) in [6.07, 6.45) is 2.57. The summed E-state index contributed by atoms with van der Waals surface area (Å²) < 4.78 is 0.773. The Bertz CT molecular complexity index is 369. The predicted molar refractivity (Wildman–Crippen MR) is 75.2 cm³/mol. The second kappa shape index (κ2) is 8.27. The Kier molecular flexibility index (Phi) is 7.83. The molecule has 0 aromatic rings. The van der Waals surface area contributed by atoms with Crippen molar-refractivity contribution in [3.05, 3.63) is 12.2 Å². The van der Waals surface area contributed by atoms with Gasteiger partial charge in [-0.2, -0.15) is 0 Å². The first-order valence-electron chi connectivity index (χ1n) is 6.85. The van der Waals surface area contributed by atoms with E-state index in [4.69, 9.17) is 0 Å². The fourth-order valence-corrected chi connectivity index (χ4v) is 2.25. The van der Waals surface area contributed by atoms with E-state index in [0.717, 1.165) is 37.1 Å². The first-order valence-corrected chi connectivity index (χ1v) is 6.85. The molecule has 0 aromatic carbocycles. The van der Waals surface area contributed by atoms with Gasteiger partial charge in [0.05, 0.1) is 20.6 Å². The molecule has 0 radical (unpaired) electrons. The SMILES string of the molecule is C=C(C)C(=O)NCCC[N+](C)(C)CN1CCCC1=O.[Cl-]. The quantitative estimate of drug-likeness (QED) is 0.328. The minimum Gasteiger partial charge on any atom is -1.00 e. The van der Waals surface area contributed by atoms with Gasteiger partial charge in [-0.25, -0.2) is 0 Å². The number of quaternary nitrogens is 1. The summed E-state index contributed by atoms with van der Waals surface area (Å²) in [5.74, 6) is 0.182. The van der Waals surface area contributed by atoms with Gasteiger partial charge in [-0.1, -0.05) is 6.58 Å². The molecule has 116 valence electrons. The molecule has 1 aliphatic heterocycles. The van der Waals surface area contributed by atoms with Crippen LogP contribution in [-0.4, -0.2) is 61.6 Å². The van der Waals surface area contributed by atoms with Crippen molar-refractivity contribution in [2.45, 2.75) is 26.2 Å². The molecule has 1 aliphatic rings. The predicted octanol–water partition coefficient (Wildman–Crippen LogP) is -2.27. The summed E-state index contributed by atoms with van der Waals surface area (Å²) in [6, 6.07) is 0. The highest BCUT2D eigenvalue weighted by molar-refractivity contribution is 5.91. The Morgan fingerprint density at radius 2 is 2.10 bits per heavy atom. The normalized spacial score (nSPS) is 14.9. The van der Waals surface area contributed by atoms with Gasteiger partial charge in [0, 0.05) is 31.5 Å². The zero-order chi connectivity index (χ0) is 14.5. The molecule has 1 rings (SSSR count). The number of halogens is 1. The highest BCUT2D eigenvalue weighted by Gasteiger charge is 2.26. The third-order valence-electron chi connectivity index (χ3n) is 3.34. The second-order valence-electron chi connectivity index (χ2n) is 5.95. The number of hydrogen-bond acceptors (Lipinski definition) is 2. The number of carbonyl (C=O) groups is 2. The zero-order valence-electron chi connectivity index (χ0n) is 12.7. The van der Waals surface area contributed by atoms with E-state index in [0.29, 0.717) is 18.5 Å². The first kappa shape index (κ1) is 18.9. The van der Waals surface area contributed by atoms with Crippen LogP contribution >= 0.6 is 0 Å². The van der Waals surface area contributed by atoms with E-state index in [1.54, 1.807) is 6.92 Å². The fourth-order valence-electron chi connectivity index (χ4n) is 2.25. The number of carbonyl (C=O) groups excluding carboxylic acids is 2. The van der Waals surface area contributed by atoms with Crippen LogP contribution in [0.15, 0.2) is 12.2 Å². The van der Waals surface area contributed by atoms with E-state index < -0.39 is 0 Å². The summed E-state index contributed by atoms with van der Waals surface area (Å²) in [4.78, 5) is 24.9. The van der Waals surface area contributed by atoms with Gasteiger partial charge < -0.3 is 22.2 Å². The minimum absolute atomic E-state index is 0. The number of likely N-dealkylation sites (tertiary alicyclic amines) is 1. The van der Waals surface area contributed by atoms with Crippen molar-refractivity contribution < 1.29 is 26.5 Å². The summed E-state index contributed by atoms with van der Waals surface area (Å²) in [5, 5.41) is 2.83. The largest absolute Gasteiger partial charge is 1.00 e. The Hall–Kier alpha value is -1.07. The number of rotatable bonds is 7. The average molecular weight is 304 g/mol. The fraction of sp³-hybridized carbons (Fsp3) is 0.714. The third-order valence-corrected chi connectivity index (χ3v) is 3.34. The maximum absolute atomic E-state index is 11.6. The van der Waals surface area contributed by atoms with Gasteiger partial charge in [0.25, 0.3) is 0 Å². The lowest BCUT2D eigenvalue weighted by atomic mass is 10.3. The number of nitrogens with zero attached hydrogens (tertiary/aromatic N) is 2. The molecule has 5 nitrogen and oxygen atoms in total. The van der Waals surface area contributed by atoms with Crippen molar-refractivity contribution in [2.75, 3.05) is 40.4 Å². The van der Waals surface area contributed by atoms with Crippen molar-refractivity contribution in [1.82, 2.24) is 10.2 Å². The van der Waals surface area contributed by atoms with Gasteiger partial charge in [0.1, 0.15) is 0 Å². The van der Waals surface area contributed by atoms with Crippen molar-refractivity contribution in [1.29, 1.82) is 0 Å². The van der Waals surface area contributed by atoms with Crippen molar-refractivity contribution >= 4 is 11.8 Å². The first-order chi connectivity index (χ1) is 8.82. The lowest BCUT2D eigenvalue weighted by Crippen LogP contribution is -3.00. The van der Waals surface area contributed by atoms with Crippen LogP contribution in [0, 0.1) is 0 Å². The van der Waals surface area contributed by atoms with Gasteiger partial charge in [-0.05, 0) is 13.3 Å². The third kappa shape index (κ3) is 6.39. The summed E-state index contributed by atoms with van der Waals surface area (Å²) in [7, 11) is 4.23. The Labute approximate surface area is 128 Å². The lowest BCUT2D eigenvalue weighted by molar-refractivity contribution is -0.898. The van der Waals surface area contributed by atoms with Crippen LogP contribution in [0.3, 0.4) is 0 Å². The average Bonchev–Trinajstić information content (AvgIpc) is 2.69. The molecule has 0 unspecified atom stereocenters. The van der Waals surface area contributed by atoms with Gasteiger partial charge >= 0.3 is 0 Å². The Morgan fingerprint density at radius 3 is 2.60 bits per heavy atom. The number of hydrogen-bond donors (Lipinski definition) is 1. The van der Waals surface area contributed by atoms with Crippen LogP contribution in [-0.2, 0) is 9.59 Å². The van der Waals surface area contributed by atoms with Gasteiger partial charge in [0.2, 0.25) is 11.8 Å². The topological polar surface area (TPSA) is 49.4 Å². The summed E-state index contributed by atoms with van der Waals surface area (Å²) in [6.45, 7) is 8.53. The van der Waals surface area contributed by atoms with Crippen LogP contribution < -0.4 is 17.7 Å². The monoisotopic (exact) mass is 303 g/mol. The molecule has 6 heteroatoms. The van der Waals surface area contributed by atoms with Crippen LogP contribution in [0.2, 0.25) is 0 Å². The molecule has 1 heterocycles. The second-order valence-corrected chi connectivity index (χ2v) is 5.95. The van der Waals surface area contributed by atoms with E-state index in [2.05, 4.69) is 26.0 Å². The van der Waals surface area contributed by atoms with Gasteiger partial charge in [-0.3, -0.25) is 14.5 Å². The van der Waals surface area contributed by atoms with E-state index in [9.17, 15) is 9.59 Å². The van der Waals surface area contributed by atoms with Crippen LogP contribution in [0.25, 0.3) is 0 Å². The highest BCUT2D eigenvalue weighted by Crippen LogP contribution is 2.12. The van der Waals surface area contributed by atoms with Gasteiger partial charge in [0.15, 0.2) is 6.67 Å². The van der Waals surface area contributed by atoms with Crippen molar-refractivity contribution in [2.24, 2.45) is 0 Å². The van der Waals surface area contributed by atoms with E-state index in [1.807, 2.05) is 4.90 Å². The maximum Gasteiger partial charge on any atom is 0.246 e. The maximum atomic E-state index is 11.6. The van der Waals surface area contributed by atoms with E-state index in [-0.39, 0.29) is 24.2 Å². The van der Waals surface area contributed by atoms with E-state index >= 15 is 0 Å². The molecule has 20 heavy (non-hydrogen) atoms.